The topological polar surface area (TPSA) is 73.2 Å². The molecule has 2 heterocycles. The van der Waals surface area contributed by atoms with Crippen molar-refractivity contribution >= 4 is 28.6 Å². The van der Waals surface area contributed by atoms with E-state index in [4.69, 9.17) is 4.74 Å². The predicted molar refractivity (Wildman–Crippen MR) is 104 cm³/mol. The van der Waals surface area contributed by atoms with Crippen molar-refractivity contribution in [3.8, 4) is 0 Å². The first kappa shape index (κ1) is 18.9. The van der Waals surface area contributed by atoms with Crippen molar-refractivity contribution in [2.45, 2.75) is 44.5 Å². The summed E-state index contributed by atoms with van der Waals surface area (Å²) in [5, 5.41) is 4.11. The van der Waals surface area contributed by atoms with Crippen LogP contribution in [0.2, 0.25) is 0 Å². The molecule has 1 aromatic heterocycles. The number of ether oxygens (including phenoxy) is 1. The Hall–Kier alpha value is -1.86. The number of nitrogens with one attached hydrogen (secondary N) is 1. The lowest BCUT2D eigenvalue weighted by Crippen LogP contribution is -2.33. The zero-order valence-electron chi connectivity index (χ0n) is 15.2. The first-order chi connectivity index (χ1) is 12.5. The van der Waals surface area contributed by atoms with E-state index in [1.54, 1.807) is 10.6 Å². The largest absolute Gasteiger partial charge is 0.376 e. The second-order valence-corrected chi connectivity index (χ2v) is 7.89. The number of aromatic nitrogens is 2. The van der Waals surface area contributed by atoms with Gasteiger partial charge in [0.1, 0.15) is 0 Å². The van der Waals surface area contributed by atoms with Crippen molar-refractivity contribution in [2.24, 2.45) is 5.92 Å². The van der Waals surface area contributed by atoms with E-state index in [1.807, 2.05) is 18.2 Å². The van der Waals surface area contributed by atoms with Crippen LogP contribution in [0, 0.1) is 5.92 Å². The van der Waals surface area contributed by atoms with Gasteiger partial charge in [0.25, 0.3) is 5.56 Å². The monoisotopic (exact) mass is 375 g/mol. The van der Waals surface area contributed by atoms with Crippen molar-refractivity contribution in [1.82, 2.24) is 14.9 Å². The summed E-state index contributed by atoms with van der Waals surface area (Å²) < 4.78 is 7.20. The molecule has 1 amide bonds. The molecule has 1 aliphatic rings. The van der Waals surface area contributed by atoms with Crippen LogP contribution in [0.25, 0.3) is 10.9 Å². The SMILES string of the molecule is CC(C)Cn1c(SCC(=O)NCC2CCCO2)nc2ccccc2c1=O. The summed E-state index contributed by atoms with van der Waals surface area (Å²) in [6, 6.07) is 7.34. The number of benzene rings is 1. The number of fused-ring (bicyclic) bond motifs is 1. The quantitative estimate of drug-likeness (QED) is 0.594. The lowest BCUT2D eigenvalue weighted by atomic mass is 10.2. The standard InChI is InChI=1S/C19H25N3O3S/c1-13(2)11-22-18(24)15-7-3-4-8-16(15)21-19(22)26-12-17(23)20-10-14-6-5-9-25-14/h3-4,7-8,13-14H,5-6,9-12H2,1-2H3,(H,20,23). The molecule has 0 radical (unpaired) electrons. The van der Waals surface area contributed by atoms with Crippen LogP contribution >= 0.6 is 11.8 Å². The van der Waals surface area contributed by atoms with E-state index in [0.717, 1.165) is 19.4 Å². The number of hydrogen-bond acceptors (Lipinski definition) is 5. The van der Waals surface area contributed by atoms with Gasteiger partial charge in [-0.05, 0) is 30.9 Å². The number of thioether (sulfide) groups is 1. The summed E-state index contributed by atoms with van der Waals surface area (Å²) in [6.45, 7) is 6.02. The highest BCUT2D eigenvalue weighted by Gasteiger charge is 2.17. The van der Waals surface area contributed by atoms with E-state index in [-0.39, 0.29) is 23.3 Å². The van der Waals surface area contributed by atoms with Crippen LogP contribution in [0.4, 0.5) is 0 Å². The maximum Gasteiger partial charge on any atom is 0.262 e. The summed E-state index contributed by atoms with van der Waals surface area (Å²) in [5.74, 6) is 0.475. The molecule has 6 nitrogen and oxygen atoms in total. The molecular weight excluding hydrogens is 350 g/mol. The molecule has 2 aromatic rings. The Morgan fingerprint density at radius 2 is 2.23 bits per heavy atom. The van der Waals surface area contributed by atoms with E-state index in [9.17, 15) is 9.59 Å². The smallest absolute Gasteiger partial charge is 0.262 e. The van der Waals surface area contributed by atoms with Crippen molar-refractivity contribution in [1.29, 1.82) is 0 Å². The molecule has 1 saturated heterocycles. The van der Waals surface area contributed by atoms with Crippen LogP contribution in [0.5, 0.6) is 0 Å². The highest BCUT2D eigenvalue weighted by atomic mass is 32.2. The second kappa shape index (κ2) is 8.68. The summed E-state index contributed by atoms with van der Waals surface area (Å²) >= 11 is 1.31. The van der Waals surface area contributed by atoms with Crippen molar-refractivity contribution in [3.63, 3.8) is 0 Å². The number of carbonyl (C=O) groups excluding carboxylic acids is 1. The van der Waals surface area contributed by atoms with Gasteiger partial charge >= 0.3 is 0 Å². The molecule has 26 heavy (non-hydrogen) atoms. The minimum absolute atomic E-state index is 0.0495. The van der Waals surface area contributed by atoms with Gasteiger partial charge in [-0.25, -0.2) is 4.98 Å². The molecule has 0 bridgehead atoms. The number of para-hydroxylation sites is 1. The van der Waals surface area contributed by atoms with E-state index in [1.165, 1.54) is 11.8 Å². The highest BCUT2D eigenvalue weighted by molar-refractivity contribution is 7.99. The van der Waals surface area contributed by atoms with Crippen LogP contribution in [0.3, 0.4) is 0 Å². The number of carbonyl (C=O) groups is 1. The summed E-state index contributed by atoms with van der Waals surface area (Å²) in [6.07, 6.45) is 2.17. The Bertz CT molecular complexity index is 828. The third-order valence-corrected chi connectivity index (χ3v) is 5.23. The molecular formula is C19H25N3O3S. The number of nitrogens with zero attached hydrogens (tertiary/aromatic N) is 2. The maximum absolute atomic E-state index is 12.8. The Labute approximate surface area is 157 Å². The minimum atomic E-state index is -0.0657. The molecule has 1 N–H and O–H groups in total. The van der Waals surface area contributed by atoms with Crippen LogP contribution in [0.15, 0.2) is 34.2 Å². The molecule has 140 valence electrons. The van der Waals surface area contributed by atoms with Gasteiger partial charge < -0.3 is 10.1 Å². The first-order valence-corrected chi connectivity index (χ1v) is 10.0. The molecule has 0 spiro atoms. The van der Waals surface area contributed by atoms with Crippen molar-refractivity contribution in [2.75, 3.05) is 18.9 Å². The van der Waals surface area contributed by atoms with E-state index in [0.29, 0.717) is 35.1 Å². The average Bonchev–Trinajstić information content (AvgIpc) is 3.14. The molecule has 1 unspecified atom stereocenters. The highest BCUT2D eigenvalue weighted by Crippen LogP contribution is 2.19. The van der Waals surface area contributed by atoms with Crippen LogP contribution in [0.1, 0.15) is 26.7 Å². The van der Waals surface area contributed by atoms with E-state index >= 15 is 0 Å². The minimum Gasteiger partial charge on any atom is -0.376 e. The number of hydrogen-bond donors (Lipinski definition) is 1. The third-order valence-electron chi connectivity index (χ3n) is 4.26. The molecule has 0 saturated carbocycles. The van der Waals surface area contributed by atoms with Gasteiger partial charge in [-0.2, -0.15) is 0 Å². The zero-order valence-corrected chi connectivity index (χ0v) is 16.1. The molecule has 7 heteroatoms. The Kier molecular flexibility index (Phi) is 6.32. The Balaban J connectivity index is 1.73. The van der Waals surface area contributed by atoms with E-state index < -0.39 is 0 Å². The fraction of sp³-hybridized carbons (Fsp3) is 0.526. The molecule has 1 fully saturated rings. The van der Waals surface area contributed by atoms with Crippen molar-refractivity contribution in [3.05, 3.63) is 34.6 Å². The predicted octanol–water partition coefficient (Wildman–Crippen LogP) is 2.44. The summed E-state index contributed by atoms with van der Waals surface area (Å²) in [5.41, 5.74) is 0.617. The summed E-state index contributed by atoms with van der Waals surface area (Å²) in [7, 11) is 0. The summed E-state index contributed by atoms with van der Waals surface area (Å²) in [4.78, 5) is 29.6. The maximum atomic E-state index is 12.8. The fourth-order valence-electron chi connectivity index (χ4n) is 3.00. The first-order valence-electron chi connectivity index (χ1n) is 9.05. The van der Waals surface area contributed by atoms with Crippen LogP contribution in [-0.2, 0) is 16.1 Å². The lowest BCUT2D eigenvalue weighted by molar-refractivity contribution is -0.119. The van der Waals surface area contributed by atoms with E-state index in [2.05, 4.69) is 24.1 Å². The normalized spacial score (nSPS) is 17.1. The Morgan fingerprint density at radius 3 is 2.96 bits per heavy atom. The van der Waals surface area contributed by atoms with Gasteiger partial charge in [-0.1, -0.05) is 37.7 Å². The Morgan fingerprint density at radius 1 is 1.42 bits per heavy atom. The van der Waals surface area contributed by atoms with Gasteiger partial charge in [-0.3, -0.25) is 14.2 Å². The fourth-order valence-corrected chi connectivity index (χ4v) is 3.84. The van der Waals surface area contributed by atoms with Gasteiger partial charge in [0.15, 0.2) is 5.16 Å². The van der Waals surface area contributed by atoms with Gasteiger partial charge in [-0.15, -0.1) is 0 Å². The van der Waals surface area contributed by atoms with Gasteiger partial charge in [0, 0.05) is 19.7 Å². The second-order valence-electron chi connectivity index (χ2n) is 6.95. The number of rotatable bonds is 7. The number of amides is 1. The van der Waals surface area contributed by atoms with Gasteiger partial charge in [0.2, 0.25) is 5.91 Å². The zero-order chi connectivity index (χ0) is 18.5. The molecule has 1 aromatic carbocycles. The molecule has 1 atom stereocenters. The van der Waals surface area contributed by atoms with Crippen LogP contribution in [-0.4, -0.2) is 40.5 Å². The van der Waals surface area contributed by atoms with Crippen LogP contribution < -0.4 is 10.9 Å². The molecule has 1 aliphatic heterocycles. The third kappa shape index (κ3) is 4.65. The lowest BCUT2D eigenvalue weighted by Gasteiger charge is -2.15. The van der Waals surface area contributed by atoms with Gasteiger partial charge in [0.05, 0.1) is 22.8 Å². The van der Waals surface area contributed by atoms with Crippen molar-refractivity contribution < 1.29 is 9.53 Å². The molecule has 3 rings (SSSR count). The molecule has 0 aliphatic carbocycles. The average molecular weight is 375 g/mol.